The molecule has 10 nitrogen and oxygen atoms in total. The molecule has 0 spiro atoms. The number of pyridine rings is 1. The van der Waals surface area contributed by atoms with Gasteiger partial charge in [-0.1, -0.05) is 17.3 Å². The second-order valence-corrected chi connectivity index (χ2v) is 8.68. The van der Waals surface area contributed by atoms with E-state index < -0.39 is 33.9 Å². The van der Waals surface area contributed by atoms with E-state index in [-0.39, 0.29) is 17.1 Å². The van der Waals surface area contributed by atoms with Gasteiger partial charge in [-0.05, 0) is 32.0 Å². The van der Waals surface area contributed by atoms with E-state index in [1.807, 2.05) is 0 Å². The highest BCUT2D eigenvalue weighted by atomic mass is 32.2. The Balaban J connectivity index is 1.81. The van der Waals surface area contributed by atoms with Gasteiger partial charge in [0.25, 0.3) is 0 Å². The molecule has 0 aliphatic heterocycles. The molecule has 13 heteroatoms. The Bertz CT molecular complexity index is 1280. The van der Waals surface area contributed by atoms with E-state index in [9.17, 15) is 22.0 Å². The van der Waals surface area contributed by atoms with Crippen LogP contribution in [0.15, 0.2) is 30.3 Å². The van der Waals surface area contributed by atoms with Gasteiger partial charge in [-0.2, -0.15) is 0 Å². The lowest BCUT2D eigenvalue weighted by atomic mass is 10.1. The van der Waals surface area contributed by atoms with Crippen molar-refractivity contribution in [3.05, 3.63) is 53.2 Å². The number of nitrogens with one attached hydrogen (secondary N) is 2. The van der Waals surface area contributed by atoms with Crippen molar-refractivity contribution in [3.8, 4) is 11.4 Å². The molecule has 0 aliphatic rings. The number of hydrogen-bond donors (Lipinski definition) is 2. The lowest BCUT2D eigenvalue weighted by Crippen LogP contribution is -2.19. The highest BCUT2D eigenvalue weighted by Gasteiger charge is 2.22. The number of carbonyl (C=O) groups is 1. The van der Waals surface area contributed by atoms with Gasteiger partial charge in [0, 0.05) is 12.6 Å². The summed E-state index contributed by atoms with van der Waals surface area (Å²) in [4.78, 5) is 16.7. The lowest BCUT2D eigenvalue weighted by molar-refractivity contribution is 0.118. The summed E-state index contributed by atoms with van der Waals surface area (Å²) in [5.41, 5.74) is 1.06. The van der Waals surface area contributed by atoms with E-state index in [4.69, 9.17) is 4.74 Å². The van der Waals surface area contributed by atoms with Crippen molar-refractivity contribution in [2.45, 2.75) is 20.0 Å². The molecule has 0 radical (unpaired) electrons. The molecule has 0 saturated heterocycles. The number of carbonyl (C=O) groups excluding carboxylic acids is 1. The molecule has 170 valence electrons. The molecule has 2 N–H and O–H groups in total. The third kappa shape index (κ3) is 5.17. The van der Waals surface area contributed by atoms with Gasteiger partial charge in [-0.15, -0.1) is 5.10 Å². The smallest absolute Gasteiger partial charge is 0.413 e. The molecular weight excluding hydrogens is 446 g/mol. The van der Waals surface area contributed by atoms with Crippen LogP contribution in [0.4, 0.5) is 25.1 Å². The fraction of sp³-hybridized carbons (Fsp3) is 0.263. The Labute approximate surface area is 182 Å². The van der Waals surface area contributed by atoms with E-state index in [0.717, 1.165) is 12.3 Å². The van der Waals surface area contributed by atoms with E-state index in [1.165, 1.54) is 42.9 Å². The molecule has 1 aromatic carbocycles. The number of aromatic nitrogens is 4. The van der Waals surface area contributed by atoms with Gasteiger partial charge in [0.05, 0.1) is 23.3 Å². The van der Waals surface area contributed by atoms with Gasteiger partial charge in [0.1, 0.15) is 6.10 Å². The number of amides is 1. The molecule has 3 aromatic rings. The van der Waals surface area contributed by atoms with Crippen molar-refractivity contribution >= 4 is 27.6 Å². The number of halogens is 2. The van der Waals surface area contributed by atoms with E-state index >= 15 is 0 Å². The number of hydrogen-bond acceptors (Lipinski definition) is 7. The molecular formula is C19H20F2N6O4S. The minimum atomic E-state index is -3.48. The van der Waals surface area contributed by atoms with E-state index in [1.54, 1.807) is 6.92 Å². The van der Waals surface area contributed by atoms with Crippen LogP contribution in [-0.2, 0) is 21.8 Å². The predicted octanol–water partition coefficient (Wildman–Crippen LogP) is 3.14. The van der Waals surface area contributed by atoms with Crippen LogP contribution >= 0.6 is 0 Å². The standard InChI is InChI=1S/C19H20F2N6O4S/c1-10-14(25-32(4,29)30)8-9-15(22-10)17-18(27(3)26-24-17)23-19(28)31-11(2)12-6-5-7-13(20)16(12)21/h5-9,11,25H,1-4H3,(H,23,28)/t11-/m1/s1. The first-order valence-electron chi connectivity index (χ1n) is 9.23. The predicted molar refractivity (Wildman–Crippen MR) is 112 cm³/mol. The zero-order chi connectivity index (χ0) is 23.6. The maximum Gasteiger partial charge on any atom is 0.413 e. The second kappa shape index (κ2) is 8.86. The number of sulfonamides is 1. The molecule has 0 unspecified atom stereocenters. The Morgan fingerprint density at radius 3 is 2.59 bits per heavy atom. The third-order valence-electron chi connectivity index (χ3n) is 4.37. The normalized spacial score (nSPS) is 12.3. The van der Waals surface area contributed by atoms with Crippen LogP contribution in [0.2, 0.25) is 0 Å². The van der Waals surface area contributed by atoms with Crippen LogP contribution in [0.25, 0.3) is 11.4 Å². The topological polar surface area (TPSA) is 128 Å². The minimum Gasteiger partial charge on any atom is -0.441 e. The van der Waals surface area contributed by atoms with E-state index in [0.29, 0.717) is 17.1 Å². The van der Waals surface area contributed by atoms with Crippen molar-refractivity contribution < 1.29 is 26.7 Å². The Hall–Kier alpha value is -3.61. The van der Waals surface area contributed by atoms with Crippen LogP contribution in [0, 0.1) is 18.6 Å². The van der Waals surface area contributed by atoms with Gasteiger partial charge in [-0.3, -0.25) is 10.0 Å². The summed E-state index contributed by atoms with van der Waals surface area (Å²) in [7, 11) is -1.96. The number of nitrogens with zero attached hydrogens (tertiary/aromatic N) is 4. The first kappa shape index (κ1) is 23.1. The van der Waals surface area contributed by atoms with Crippen LogP contribution in [0.1, 0.15) is 24.3 Å². The first-order chi connectivity index (χ1) is 15.0. The molecule has 0 saturated carbocycles. The fourth-order valence-corrected chi connectivity index (χ4v) is 3.47. The molecule has 0 bridgehead atoms. The minimum absolute atomic E-state index is 0.116. The van der Waals surface area contributed by atoms with Gasteiger partial charge in [0.2, 0.25) is 10.0 Å². The van der Waals surface area contributed by atoms with Crippen molar-refractivity contribution in [1.29, 1.82) is 0 Å². The molecule has 0 fully saturated rings. The second-order valence-electron chi connectivity index (χ2n) is 6.93. The van der Waals surface area contributed by atoms with Crippen LogP contribution in [0.5, 0.6) is 0 Å². The summed E-state index contributed by atoms with van der Waals surface area (Å²) in [6, 6.07) is 6.60. The average Bonchev–Trinajstić information content (AvgIpc) is 3.04. The maximum atomic E-state index is 13.9. The Morgan fingerprint density at radius 1 is 1.22 bits per heavy atom. The summed E-state index contributed by atoms with van der Waals surface area (Å²) >= 11 is 0. The van der Waals surface area contributed by atoms with Crippen molar-refractivity contribution in [2.24, 2.45) is 7.05 Å². The summed E-state index contributed by atoms with van der Waals surface area (Å²) in [5, 5.41) is 10.3. The monoisotopic (exact) mass is 466 g/mol. The van der Waals surface area contributed by atoms with Crippen LogP contribution in [-0.4, -0.2) is 40.7 Å². The quantitative estimate of drug-likeness (QED) is 0.571. The molecule has 1 atom stereocenters. The summed E-state index contributed by atoms with van der Waals surface area (Å²) < 4.78 is 59.0. The molecule has 32 heavy (non-hydrogen) atoms. The summed E-state index contributed by atoms with van der Waals surface area (Å²) in [6.45, 7) is 3.00. The maximum absolute atomic E-state index is 13.9. The number of aryl methyl sites for hydroxylation is 2. The average molecular weight is 466 g/mol. The largest absolute Gasteiger partial charge is 0.441 e. The van der Waals surface area contributed by atoms with Crippen LogP contribution < -0.4 is 10.0 Å². The number of ether oxygens (including phenoxy) is 1. The molecule has 0 aliphatic carbocycles. The molecule has 3 rings (SSSR count). The van der Waals surface area contributed by atoms with Crippen LogP contribution in [0.3, 0.4) is 0 Å². The zero-order valence-corrected chi connectivity index (χ0v) is 18.4. The van der Waals surface area contributed by atoms with Gasteiger partial charge in [-0.25, -0.2) is 31.7 Å². The van der Waals surface area contributed by atoms with Gasteiger partial charge >= 0.3 is 6.09 Å². The number of rotatable bonds is 6. The zero-order valence-electron chi connectivity index (χ0n) is 17.6. The Morgan fingerprint density at radius 2 is 1.94 bits per heavy atom. The lowest BCUT2D eigenvalue weighted by Gasteiger charge is -2.15. The molecule has 2 heterocycles. The van der Waals surface area contributed by atoms with Gasteiger partial charge < -0.3 is 4.74 Å². The first-order valence-corrected chi connectivity index (χ1v) is 11.1. The molecule has 1 amide bonds. The molecule has 2 aromatic heterocycles. The van der Waals surface area contributed by atoms with Crippen molar-refractivity contribution in [2.75, 3.05) is 16.3 Å². The summed E-state index contributed by atoms with van der Waals surface area (Å²) in [6.07, 6.45) is -0.996. The number of anilines is 2. The van der Waals surface area contributed by atoms with Crippen molar-refractivity contribution in [3.63, 3.8) is 0 Å². The van der Waals surface area contributed by atoms with E-state index in [2.05, 4.69) is 25.3 Å². The summed E-state index contributed by atoms with van der Waals surface area (Å²) in [5.74, 6) is -2.01. The fourth-order valence-electron chi connectivity index (χ4n) is 2.85. The Kier molecular flexibility index (Phi) is 6.39. The SMILES string of the molecule is Cc1nc(-c2nnn(C)c2NC(=O)O[C@H](C)c2cccc(F)c2F)ccc1NS(C)(=O)=O. The highest BCUT2D eigenvalue weighted by Crippen LogP contribution is 2.27. The highest BCUT2D eigenvalue weighted by molar-refractivity contribution is 7.92. The third-order valence-corrected chi connectivity index (χ3v) is 4.97. The van der Waals surface area contributed by atoms with Crippen molar-refractivity contribution in [1.82, 2.24) is 20.0 Å². The van der Waals surface area contributed by atoms with Gasteiger partial charge in [0.15, 0.2) is 23.1 Å². The number of benzene rings is 1.